The van der Waals surface area contributed by atoms with Crippen LogP contribution in [0, 0.1) is 33.9 Å². The van der Waals surface area contributed by atoms with Crippen LogP contribution in [0.4, 0.5) is 20.2 Å². The molecule has 0 atom stereocenters. The van der Waals surface area contributed by atoms with Crippen molar-refractivity contribution in [1.82, 2.24) is 10.6 Å². The second-order valence-corrected chi connectivity index (χ2v) is 14.5. The highest BCUT2D eigenvalue weighted by molar-refractivity contribution is 6.83. The Morgan fingerprint density at radius 3 is 1.74 bits per heavy atom. The van der Waals surface area contributed by atoms with Crippen LogP contribution in [0.3, 0.4) is 0 Å². The number of anilines is 2. The zero-order valence-electron chi connectivity index (χ0n) is 33.1. The van der Waals surface area contributed by atoms with Crippen LogP contribution in [0.2, 0.25) is 19.6 Å². The normalized spacial score (nSPS) is 12.7. The maximum absolute atomic E-state index is 14.1. The number of nitrogens with two attached hydrogens (primary N) is 1. The predicted molar refractivity (Wildman–Crippen MR) is 166 cm³/mol. The maximum Gasteiger partial charge on any atom is 0.300 e. The van der Waals surface area contributed by atoms with E-state index in [2.05, 4.69) is 11.0 Å². The zero-order chi connectivity index (χ0) is 41.3. The van der Waals surface area contributed by atoms with E-state index in [-0.39, 0.29) is 22.7 Å². The minimum absolute atomic E-state index is 0.165. The lowest BCUT2D eigenvalue weighted by Crippen LogP contribution is -2.28. The molecule has 14 heteroatoms. The van der Waals surface area contributed by atoms with Crippen molar-refractivity contribution in [3.8, 4) is 11.8 Å². The lowest BCUT2D eigenvalue weighted by atomic mass is 10.1. The van der Waals surface area contributed by atoms with Gasteiger partial charge in [-0.3, -0.25) is 14.4 Å². The number of amides is 2. The van der Waals surface area contributed by atoms with E-state index in [1.807, 2.05) is 25.7 Å². The second-order valence-electron chi connectivity index (χ2n) is 9.81. The molecule has 0 aliphatic heterocycles. The van der Waals surface area contributed by atoms with Crippen LogP contribution >= 0.6 is 0 Å². The molecule has 0 spiro atoms. The molecule has 0 bridgehead atoms. The molecule has 11 nitrogen and oxygen atoms in total. The molecule has 0 radical (unpaired) electrons. The Morgan fingerprint density at radius 2 is 1.40 bits per heavy atom. The number of Topliss-reactive ketones (excluding diaryl/α,β-unsaturated/α-hetero) is 1. The highest BCUT2D eigenvalue weighted by Crippen LogP contribution is 2.18. The number of hydrogen-bond donors (Lipinski definition) is 5. The topological polar surface area (TPSA) is 198 Å². The molecule has 6 N–H and O–H groups in total. The van der Waals surface area contributed by atoms with Gasteiger partial charge in [0.1, 0.15) is 23.0 Å². The summed E-state index contributed by atoms with van der Waals surface area (Å²) in [5.74, 6) is -5.02. The summed E-state index contributed by atoms with van der Waals surface area (Å²) in [6, 6.07) is 4.91. The van der Waals surface area contributed by atoms with E-state index in [0.717, 1.165) is 25.1 Å². The molecule has 0 saturated carbocycles. The molecule has 2 aromatic rings. The van der Waals surface area contributed by atoms with Gasteiger partial charge in [-0.05, 0) is 64.0 Å². The summed E-state index contributed by atoms with van der Waals surface area (Å²) in [5.41, 5.74) is 5.21. The number of nitrogen functional groups attached to an aromatic ring is 1. The van der Waals surface area contributed by atoms with Crippen LogP contribution in [0.5, 0.6) is 0 Å². The van der Waals surface area contributed by atoms with Crippen molar-refractivity contribution in [1.29, 1.82) is 10.5 Å². The van der Waals surface area contributed by atoms with E-state index in [9.17, 15) is 23.2 Å². The standard InChI is InChI=1S/C12H14FN3O.C8H9FN2O.C4H9NSi.C3H6O.C2H4O2/c1-12(2,7-14)16-8-4-5-9(10(13)6-8)11(17)15-3;1-11-8(12)6-3-2-5(10)4-7(6)9;1-6(2,3)4-5;1-3(2)4;1-2(3)4/h4-6,16H,1-3H3,(H,15,17);2-4H,10H2,1H3,(H,11,12);1-3H3;1-2H3;1H3,(H,3,4)/i3D3,4D,6D;1D3;;;. The highest BCUT2D eigenvalue weighted by atomic mass is 28.3. The number of nitriles is 2. The van der Waals surface area contributed by atoms with Crippen LogP contribution < -0.4 is 21.7 Å². The lowest BCUT2D eigenvalue weighted by molar-refractivity contribution is -0.134. The second kappa shape index (κ2) is 21.0. The lowest BCUT2D eigenvalue weighted by Gasteiger charge is -2.19. The van der Waals surface area contributed by atoms with Crippen LogP contribution in [0.1, 0.15) is 66.3 Å². The van der Waals surface area contributed by atoms with Crippen LogP contribution in [-0.2, 0) is 9.59 Å². The first-order valence-electron chi connectivity index (χ1n) is 16.0. The fraction of sp³-hybridized carbons (Fsp3) is 0.379. The summed E-state index contributed by atoms with van der Waals surface area (Å²) in [7, 11) is -1.33. The fourth-order valence-electron chi connectivity index (χ4n) is 1.84. The molecular formula is C29H42F2N6O5Si. The Bertz CT molecular complexity index is 1600. The van der Waals surface area contributed by atoms with E-state index in [4.69, 9.17) is 37.1 Å². The summed E-state index contributed by atoms with van der Waals surface area (Å²) in [6.45, 7) is 7.70. The number of benzene rings is 2. The van der Waals surface area contributed by atoms with Crippen LogP contribution in [0.25, 0.3) is 0 Å². The van der Waals surface area contributed by atoms with Crippen LogP contribution in [0.15, 0.2) is 36.4 Å². The molecule has 2 aromatic carbocycles. The third kappa shape index (κ3) is 23.6. The minimum atomic E-state index is -2.81. The molecule has 0 heterocycles. The van der Waals surface area contributed by atoms with Gasteiger partial charge in [0.15, 0.2) is 8.07 Å². The largest absolute Gasteiger partial charge is 0.481 e. The van der Waals surface area contributed by atoms with E-state index in [1.165, 1.54) is 33.8 Å². The Hall–Kier alpha value is -4.82. The third-order valence-electron chi connectivity index (χ3n) is 3.59. The SMILES string of the molecule is CC(=O)O.CC(C)=O.C[Si](C)(C)C#N.[2H]C([2H])([2H])NC(=O)c1ccc(N)cc1F.[2H]c1cc(C(=O)NC([2H])([2H])[2H])c(F)c([2H])c1NC(C)(C)C#N. The van der Waals surface area contributed by atoms with Gasteiger partial charge < -0.3 is 31.6 Å². The van der Waals surface area contributed by atoms with Gasteiger partial charge in [0.2, 0.25) is 0 Å². The van der Waals surface area contributed by atoms with E-state index in [0.29, 0.717) is 0 Å². The Morgan fingerprint density at radius 1 is 0.977 bits per heavy atom. The molecule has 0 fully saturated rings. The molecule has 2 amide bonds. The van der Waals surface area contributed by atoms with Gasteiger partial charge in [0.05, 0.1) is 19.9 Å². The van der Waals surface area contributed by atoms with Crippen molar-refractivity contribution in [2.45, 2.75) is 59.8 Å². The Labute approximate surface area is 264 Å². The van der Waals surface area contributed by atoms with E-state index < -0.39 is 74.6 Å². The van der Waals surface area contributed by atoms with E-state index >= 15 is 0 Å². The number of carboxylic acid groups (broad SMARTS) is 1. The van der Waals surface area contributed by atoms with Gasteiger partial charge in [-0.2, -0.15) is 5.26 Å². The number of nitrogens with zero attached hydrogens (tertiary/aromatic N) is 2. The van der Waals surface area contributed by atoms with Gasteiger partial charge >= 0.3 is 0 Å². The quantitative estimate of drug-likeness (QED) is 0.234. The van der Waals surface area contributed by atoms with E-state index in [1.54, 1.807) is 10.6 Å². The molecule has 0 aliphatic carbocycles. The average molecular weight is 629 g/mol. The van der Waals surface area contributed by atoms with Gasteiger partial charge in [-0.15, -0.1) is 0 Å². The maximum atomic E-state index is 14.1. The fourth-order valence-corrected chi connectivity index (χ4v) is 1.84. The van der Waals surface area contributed by atoms with Crippen molar-refractivity contribution in [2.75, 3.05) is 25.0 Å². The molecule has 43 heavy (non-hydrogen) atoms. The van der Waals surface area contributed by atoms with Crippen molar-refractivity contribution in [3.63, 3.8) is 0 Å². The number of nitrogens with one attached hydrogen (secondary N) is 3. The van der Waals surface area contributed by atoms with Gasteiger partial charge in [0.25, 0.3) is 17.8 Å². The number of aliphatic carboxylic acids is 1. The van der Waals surface area contributed by atoms with Crippen molar-refractivity contribution in [3.05, 3.63) is 59.1 Å². The zero-order valence-corrected chi connectivity index (χ0v) is 26.1. The summed E-state index contributed by atoms with van der Waals surface area (Å²) >= 11 is 0. The third-order valence-corrected chi connectivity index (χ3v) is 4.26. The molecule has 0 unspecified atom stereocenters. The van der Waals surface area contributed by atoms with Crippen molar-refractivity contribution < 1.29 is 44.0 Å². The van der Waals surface area contributed by atoms with Gasteiger partial charge in [0, 0.05) is 46.2 Å². The Balaban J connectivity index is -0.000000679. The summed E-state index contributed by atoms with van der Waals surface area (Å²) < 4.78 is 83.7. The summed E-state index contributed by atoms with van der Waals surface area (Å²) in [5, 5.41) is 30.4. The monoisotopic (exact) mass is 628 g/mol. The first kappa shape index (κ1) is 28.3. The number of halogens is 2. The number of ketones is 1. The molecule has 236 valence electrons. The summed E-state index contributed by atoms with van der Waals surface area (Å²) in [6.07, 6.45) is 0. The van der Waals surface area contributed by atoms with Crippen molar-refractivity contribution in [2.24, 2.45) is 0 Å². The predicted octanol–water partition coefficient (Wildman–Crippen LogP) is 4.74. The molecule has 0 aliphatic rings. The number of rotatable bonds is 4. The molecule has 0 aromatic heterocycles. The van der Waals surface area contributed by atoms with Gasteiger partial charge in [-0.1, -0.05) is 19.6 Å². The minimum Gasteiger partial charge on any atom is -0.481 e. The molecule has 2 rings (SSSR count). The smallest absolute Gasteiger partial charge is 0.300 e. The number of carboxylic acids is 1. The highest BCUT2D eigenvalue weighted by Gasteiger charge is 2.17. The average Bonchev–Trinajstić information content (AvgIpc) is 2.91. The number of carbonyl (C=O) groups is 4. The number of hydrogen-bond acceptors (Lipinski definition) is 8. The first-order chi connectivity index (χ1) is 22.7. The number of carbonyl (C=O) groups excluding carboxylic acids is 3. The molecular weight excluding hydrogens is 578 g/mol. The summed E-state index contributed by atoms with van der Waals surface area (Å²) in [4.78, 5) is 41.4. The van der Waals surface area contributed by atoms with Crippen LogP contribution in [-0.4, -0.2) is 56.2 Å². The first-order valence-corrected chi connectivity index (χ1v) is 15.5. The molecule has 0 saturated heterocycles. The Kier molecular flexibility index (Phi) is 13.8. The van der Waals surface area contributed by atoms with Crippen molar-refractivity contribution >= 4 is 43.0 Å². The van der Waals surface area contributed by atoms with Gasteiger partial charge in [-0.25, -0.2) is 14.0 Å².